The number of carboxylic acids is 1. The van der Waals surface area contributed by atoms with Crippen molar-refractivity contribution in [2.75, 3.05) is 19.7 Å². The van der Waals surface area contributed by atoms with Gasteiger partial charge in [0.05, 0.1) is 26.1 Å². The predicted octanol–water partition coefficient (Wildman–Crippen LogP) is 6.53. The van der Waals surface area contributed by atoms with Gasteiger partial charge in [0, 0.05) is 17.2 Å². The molecule has 0 radical (unpaired) electrons. The lowest BCUT2D eigenvalue weighted by molar-refractivity contribution is -0.0593. The molecule has 1 N–H and O–H groups in total. The Morgan fingerprint density at radius 1 is 1.09 bits per heavy atom. The fourth-order valence-corrected chi connectivity index (χ4v) is 6.21. The molecule has 11 heteroatoms. The highest BCUT2D eigenvalue weighted by Crippen LogP contribution is 2.45. The summed E-state index contributed by atoms with van der Waals surface area (Å²) in [5.41, 5.74) is 2.06. The summed E-state index contributed by atoms with van der Waals surface area (Å²) in [5, 5.41) is 9.65. The number of hydrogen-bond donors (Lipinski definition) is 1. The van der Waals surface area contributed by atoms with Gasteiger partial charge in [0.25, 0.3) is 0 Å². The Bertz CT molecular complexity index is 1800. The van der Waals surface area contributed by atoms with Crippen LogP contribution in [0.4, 0.5) is 8.78 Å². The van der Waals surface area contributed by atoms with Crippen LogP contribution in [0, 0.1) is 5.82 Å². The molecule has 3 aliphatic heterocycles. The monoisotopic (exact) mass is 607 g/mol. The largest absolute Gasteiger partial charge is 0.480 e. The Labute approximate surface area is 252 Å². The van der Waals surface area contributed by atoms with E-state index in [4.69, 9.17) is 27.4 Å². The molecule has 2 fully saturated rings. The number of hydrogen-bond acceptors (Lipinski definition) is 6. The minimum atomic E-state index is -2.08. The van der Waals surface area contributed by atoms with Crippen LogP contribution in [0.25, 0.3) is 17.0 Å². The Morgan fingerprint density at radius 2 is 1.91 bits per heavy atom. The second kappa shape index (κ2) is 11.3. The molecule has 0 saturated carbocycles. The van der Waals surface area contributed by atoms with Gasteiger partial charge in [0.15, 0.2) is 11.3 Å². The molecule has 0 aliphatic carbocycles. The number of carbonyl (C=O) groups is 1. The lowest BCUT2D eigenvalue weighted by Crippen LogP contribution is -2.35. The second-order valence-electron chi connectivity index (χ2n) is 11.1. The predicted molar refractivity (Wildman–Crippen MR) is 156 cm³/mol. The van der Waals surface area contributed by atoms with E-state index in [9.17, 15) is 14.3 Å². The van der Waals surface area contributed by atoms with Gasteiger partial charge in [-0.05, 0) is 80.2 Å². The molecular formula is C32H29ClF2N4O4. The first-order chi connectivity index (χ1) is 21.2. The molecule has 2 atom stereocenters. The molecule has 5 heterocycles. The maximum Gasteiger partial charge on any atom is 0.354 e. The van der Waals surface area contributed by atoms with Gasteiger partial charge < -0.3 is 19.1 Å². The summed E-state index contributed by atoms with van der Waals surface area (Å²) in [5.74, 6) is -1.38. The van der Waals surface area contributed by atoms with Crippen molar-refractivity contribution in [3.63, 3.8) is 0 Å². The number of aromatic carboxylic acids is 1. The quantitative estimate of drug-likeness (QED) is 0.255. The Hall–Kier alpha value is -3.86. The van der Waals surface area contributed by atoms with E-state index in [-0.39, 0.29) is 39.6 Å². The number of rotatable bonds is 7. The summed E-state index contributed by atoms with van der Waals surface area (Å²) < 4.78 is 52.8. The molecule has 3 aliphatic rings. The van der Waals surface area contributed by atoms with E-state index < -0.39 is 23.7 Å². The molecular weight excluding hydrogens is 578 g/mol. The number of likely N-dealkylation sites (tertiary alicyclic amines) is 1. The van der Waals surface area contributed by atoms with Crippen molar-refractivity contribution in [1.82, 2.24) is 19.4 Å². The Kier molecular flexibility index (Phi) is 7.05. The third-order valence-corrected chi connectivity index (χ3v) is 8.67. The van der Waals surface area contributed by atoms with Crippen LogP contribution in [0.1, 0.15) is 65.6 Å². The Morgan fingerprint density at radius 3 is 2.63 bits per heavy atom. The third kappa shape index (κ3) is 5.39. The molecule has 0 bridgehead atoms. The fraction of sp³-hybridized carbons (Fsp3) is 0.344. The summed E-state index contributed by atoms with van der Waals surface area (Å²) in [4.78, 5) is 23.0. The SMILES string of the molecule is [2H][C@]1(c2ccc(Cl)cc2F)C=C(F)c2cccc(C3CCN(Cc4nc5ccc(C(=O)O)nc5n4C[C@@H]4CCO4)CC3)c2O1. The summed E-state index contributed by atoms with van der Waals surface area (Å²) in [6.07, 6.45) is 1.37. The lowest BCUT2D eigenvalue weighted by atomic mass is 9.86. The van der Waals surface area contributed by atoms with E-state index in [1.807, 2.05) is 10.6 Å². The molecule has 7 rings (SSSR count). The van der Waals surface area contributed by atoms with Gasteiger partial charge >= 0.3 is 5.97 Å². The van der Waals surface area contributed by atoms with Gasteiger partial charge in [0.1, 0.15) is 34.8 Å². The molecule has 2 saturated heterocycles. The smallest absolute Gasteiger partial charge is 0.354 e. The van der Waals surface area contributed by atoms with Crippen LogP contribution < -0.4 is 4.74 Å². The standard InChI is InChI=1S/C32H29ClF2N4O4/c33-19-4-5-22(24(34)14-19)28-15-25(35)23-3-1-2-21(30(23)43-28)18-8-11-38(12-9-18)17-29-36-26-6-7-27(32(40)41)37-31(26)39(29)16-20-10-13-42-20/h1-7,14-15,18,20,28H,8-13,16-17H2,(H,40,41)/t20-,28+/m0/s1/i28D. The van der Waals surface area contributed by atoms with Crippen molar-refractivity contribution >= 4 is 34.6 Å². The summed E-state index contributed by atoms with van der Waals surface area (Å²) in [7, 11) is 0. The highest BCUT2D eigenvalue weighted by molar-refractivity contribution is 6.30. The average molecular weight is 608 g/mol. The lowest BCUT2D eigenvalue weighted by Gasteiger charge is -2.34. The van der Waals surface area contributed by atoms with E-state index in [0.717, 1.165) is 55.9 Å². The van der Waals surface area contributed by atoms with Crippen LogP contribution in [0.5, 0.6) is 5.75 Å². The fourth-order valence-electron chi connectivity index (χ4n) is 6.05. The molecule has 0 amide bonds. The van der Waals surface area contributed by atoms with Crippen molar-refractivity contribution in [3.8, 4) is 5.75 Å². The maximum atomic E-state index is 15.4. The van der Waals surface area contributed by atoms with E-state index in [1.165, 1.54) is 18.2 Å². The van der Waals surface area contributed by atoms with Gasteiger partial charge in [-0.2, -0.15) is 0 Å². The van der Waals surface area contributed by atoms with E-state index in [0.29, 0.717) is 30.9 Å². The van der Waals surface area contributed by atoms with Crippen LogP contribution in [-0.4, -0.2) is 56.3 Å². The zero-order chi connectivity index (χ0) is 30.6. The van der Waals surface area contributed by atoms with Crippen LogP contribution >= 0.6 is 11.6 Å². The van der Waals surface area contributed by atoms with E-state index in [2.05, 4.69) is 9.88 Å². The van der Waals surface area contributed by atoms with Crippen molar-refractivity contribution in [2.45, 2.75) is 50.5 Å². The molecule has 0 unspecified atom stereocenters. The van der Waals surface area contributed by atoms with Gasteiger partial charge in [-0.25, -0.2) is 23.5 Å². The number of fused-ring (bicyclic) bond motifs is 2. The van der Waals surface area contributed by atoms with Gasteiger partial charge in [-0.3, -0.25) is 4.90 Å². The number of pyridine rings is 1. The molecule has 222 valence electrons. The van der Waals surface area contributed by atoms with Gasteiger partial charge in [-0.1, -0.05) is 29.8 Å². The number of ether oxygens (including phenoxy) is 2. The zero-order valence-electron chi connectivity index (χ0n) is 24.1. The zero-order valence-corrected chi connectivity index (χ0v) is 23.9. The van der Waals surface area contributed by atoms with Crippen molar-refractivity contribution < 1.29 is 29.5 Å². The molecule has 8 nitrogen and oxygen atoms in total. The van der Waals surface area contributed by atoms with Crippen molar-refractivity contribution in [1.29, 1.82) is 0 Å². The molecule has 2 aromatic heterocycles. The first kappa shape index (κ1) is 26.7. The van der Waals surface area contributed by atoms with Crippen molar-refractivity contribution in [3.05, 3.63) is 93.7 Å². The van der Waals surface area contributed by atoms with Crippen LogP contribution in [0.3, 0.4) is 0 Å². The Balaban J connectivity index is 1.11. The highest BCUT2D eigenvalue weighted by atomic mass is 35.5. The van der Waals surface area contributed by atoms with Crippen LogP contribution in [0.2, 0.25) is 5.02 Å². The number of halogens is 3. The third-order valence-electron chi connectivity index (χ3n) is 8.43. The molecule has 2 aromatic carbocycles. The van der Waals surface area contributed by atoms with Gasteiger partial charge in [0.2, 0.25) is 0 Å². The van der Waals surface area contributed by atoms with Crippen LogP contribution in [-0.2, 0) is 17.8 Å². The summed E-state index contributed by atoms with van der Waals surface area (Å²) in [6, 6.07) is 12.3. The molecule has 0 spiro atoms. The topological polar surface area (TPSA) is 89.7 Å². The average Bonchev–Trinajstić information content (AvgIpc) is 3.30. The normalized spacial score (nSPS) is 22.8. The highest BCUT2D eigenvalue weighted by Gasteiger charge is 2.31. The number of benzene rings is 2. The second-order valence-corrected chi connectivity index (χ2v) is 11.6. The first-order valence-electron chi connectivity index (χ1n) is 14.8. The molecule has 43 heavy (non-hydrogen) atoms. The number of aromatic nitrogens is 3. The van der Waals surface area contributed by atoms with Crippen LogP contribution in [0.15, 0.2) is 54.6 Å². The summed E-state index contributed by atoms with van der Waals surface area (Å²) >= 11 is 5.91. The minimum Gasteiger partial charge on any atom is -0.480 e. The van der Waals surface area contributed by atoms with E-state index in [1.54, 1.807) is 18.2 Å². The van der Waals surface area contributed by atoms with Gasteiger partial charge in [-0.15, -0.1) is 0 Å². The van der Waals surface area contributed by atoms with Crippen molar-refractivity contribution in [2.24, 2.45) is 0 Å². The minimum absolute atomic E-state index is 0.0317. The van der Waals surface area contributed by atoms with E-state index >= 15 is 4.39 Å². The number of piperidine rings is 1. The summed E-state index contributed by atoms with van der Waals surface area (Å²) in [6.45, 7) is 3.25. The molecule has 4 aromatic rings. The number of para-hydroxylation sites is 1. The number of imidazole rings is 1. The number of nitrogens with zero attached hydrogens (tertiary/aromatic N) is 4. The first-order valence-corrected chi connectivity index (χ1v) is 14.7. The number of carboxylic acid groups (broad SMARTS) is 1. The maximum absolute atomic E-state index is 15.4.